The van der Waals surface area contributed by atoms with E-state index < -0.39 is 0 Å². The van der Waals surface area contributed by atoms with E-state index in [1.54, 1.807) is 33.7 Å². The van der Waals surface area contributed by atoms with Crippen LogP contribution in [0, 0.1) is 6.92 Å². The van der Waals surface area contributed by atoms with Gasteiger partial charge in [-0.3, -0.25) is 18.9 Å². The van der Waals surface area contributed by atoms with Crippen LogP contribution in [0.15, 0.2) is 40.6 Å². The highest BCUT2D eigenvalue weighted by Gasteiger charge is 2.24. The molecular weight excluding hydrogens is 364 g/mol. The first kappa shape index (κ1) is 17.7. The Hall–Kier alpha value is -2.71. The highest BCUT2D eigenvalue weighted by atomic mass is 32.1. The van der Waals surface area contributed by atoms with Crippen molar-refractivity contribution in [2.24, 2.45) is 0 Å². The van der Waals surface area contributed by atoms with Crippen LogP contribution in [0.4, 0.5) is 0 Å². The molecule has 140 valence electrons. The van der Waals surface area contributed by atoms with Gasteiger partial charge in [-0.05, 0) is 24.6 Å². The lowest BCUT2D eigenvalue weighted by Gasteiger charge is -2.34. The van der Waals surface area contributed by atoms with Gasteiger partial charge in [0.2, 0.25) is 0 Å². The van der Waals surface area contributed by atoms with Gasteiger partial charge in [0, 0.05) is 50.4 Å². The van der Waals surface area contributed by atoms with Crippen molar-refractivity contribution in [2.75, 3.05) is 26.2 Å². The number of carbonyl (C=O) groups excluding carboxylic acids is 1. The molecule has 2 aromatic heterocycles. The molecule has 0 atom stereocenters. The second-order valence-electron chi connectivity index (χ2n) is 6.73. The molecule has 3 aromatic rings. The lowest BCUT2D eigenvalue weighted by atomic mass is 10.1. The molecule has 0 saturated carbocycles. The van der Waals surface area contributed by atoms with Gasteiger partial charge in [0.05, 0.1) is 11.3 Å². The van der Waals surface area contributed by atoms with Crippen LogP contribution in [0.3, 0.4) is 0 Å². The highest BCUT2D eigenvalue weighted by Crippen LogP contribution is 2.21. The predicted octanol–water partition coefficient (Wildman–Crippen LogP) is 1.73. The van der Waals surface area contributed by atoms with Crippen LogP contribution in [0.5, 0.6) is 5.75 Å². The first-order valence-electron chi connectivity index (χ1n) is 8.78. The lowest BCUT2D eigenvalue weighted by molar-refractivity contribution is 0.0624. The number of hydrogen-bond acceptors (Lipinski definition) is 6. The van der Waals surface area contributed by atoms with Crippen molar-refractivity contribution in [3.63, 3.8) is 0 Å². The molecule has 1 saturated heterocycles. The van der Waals surface area contributed by atoms with Gasteiger partial charge < -0.3 is 10.0 Å². The number of aromatic hydroxyl groups is 1. The van der Waals surface area contributed by atoms with Crippen LogP contribution in [0.1, 0.15) is 21.6 Å². The average molecular weight is 384 g/mol. The third-order valence-corrected chi connectivity index (χ3v) is 5.54. The number of amides is 1. The minimum Gasteiger partial charge on any atom is -0.507 e. The standard InChI is InChI=1S/C19H20N4O3S/c1-13-2-3-15(16(24)10-13)18(26)22-6-4-21(5-7-22)12-14-11-17(25)23-8-9-27-19(23)20-14/h2-3,8-11,24H,4-7,12H2,1H3. The Morgan fingerprint density at radius 3 is 2.74 bits per heavy atom. The maximum Gasteiger partial charge on any atom is 0.258 e. The molecule has 0 aliphatic carbocycles. The molecule has 1 fully saturated rings. The number of hydrogen-bond donors (Lipinski definition) is 1. The van der Waals surface area contributed by atoms with Gasteiger partial charge in [-0.25, -0.2) is 4.98 Å². The number of fused-ring (bicyclic) bond motifs is 1. The summed E-state index contributed by atoms with van der Waals surface area (Å²) in [6.45, 7) is 5.01. The van der Waals surface area contributed by atoms with E-state index in [1.165, 1.54) is 11.3 Å². The fourth-order valence-corrected chi connectivity index (χ4v) is 4.04. The summed E-state index contributed by atoms with van der Waals surface area (Å²) in [7, 11) is 0. The number of nitrogens with zero attached hydrogens (tertiary/aromatic N) is 4. The number of phenolic OH excluding ortho intramolecular Hbond substituents is 1. The van der Waals surface area contributed by atoms with E-state index in [0.29, 0.717) is 43.2 Å². The van der Waals surface area contributed by atoms with Crippen molar-refractivity contribution in [3.05, 3.63) is 63.0 Å². The molecule has 0 spiro atoms. The number of thiazole rings is 1. The third kappa shape index (κ3) is 3.58. The van der Waals surface area contributed by atoms with Gasteiger partial charge in [-0.2, -0.15) is 0 Å². The second-order valence-corrected chi connectivity index (χ2v) is 7.60. The minimum absolute atomic E-state index is 0.0244. The molecule has 1 aliphatic rings. The zero-order chi connectivity index (χ0) is 19.0. The molecule has 1 N–H and O–H groups in total. The quantitative estimate of drug-likeness (QED) is 0.744. The van der Waals surface area contributed by atoms with Gasteiger partial charge in [-0.1, -0.05) is 6.07 Å². The summed E-state index contributed by atoms with van der Waals surface area (Å²) >= 11 is 1.44. The summed E-state index contributed by atoms with van der Waals surface area (Å²) in [5.74, 6) is -0.125. The summed E-state index contributed by atoms with van der Waals surface area (Å²) in [6.07, 6.45) is 1.73. The van der Waals surface area contributed by atoms with E-state index in [1.807, 2.05) is 18.4 Å². The predicted molar refractivity (Wildman–Crippen MR) is 103 cm³/mol. The van der Waals surface area contributed by atoms with Gasteiger partial charge in [0.25, 0.3) is 11.5 Å². The van der Waals surface area contributed by atoms with Crippen LogP contribution in [0.2, 0.25) is 0 Å². The topological polar surface area (TPSA) is 78.2 Å². The van der Waals surface area contributed by atoms with Crippen LogP contribution in [0.25, 0.3) is 4.96 Å². The van der Waals surface area contributed by atoms with Crippen LogP contribution < -0.4 is 5.56 Å². The summed E-state index contributed by atoms with van der Waals surface area (Å²) in [5.41, 5.74) is 1.94. The molecule has 1 aliphatic heterocycles. The molecule has 1 aromatic carbocycles. The van der Waals surface area contributed by atoms with Crippen LogP contribution in [-0.4, -0.2) is 56.4 Å². The van der Waals surface area contributed by atoms with Gasteiger partial charge in [0.15, 0.2) is 4.96 Å². The lowest BCUT2D eigenvalue weighted by Crippen LogP contribution is -2.48. The minimum atomic E-state index is -0.150. The van der Waals surface area contributed by atoms with E-state index in [-0.39, 0.29) is 17.2 Å². The average Bonchev–Trinajstić information content (AvgIpc) is 3.11. The van der Waals surface area contributed by atoms with E-state index in [2.05, 4.69) is 9.88 Å². The van der Waals surface area contributed by atoms with Gasteiger partial charge >= 0.3 is 0 Å². The van der Waals surface area contributed by atoms with Crippen LogP contribution in [-0.2, 0) is 6.54 Å². The number of benzene rings is 1. The Balaban J connectivity index is 1.41. The molecule has 3 heterocycles. The fraction of sp³-hybridized carbons (Fsp3) is 0.316. The monoisotopic (exact) mass is 384 g/mol. The van der Waals surface area contributed by atoms with Crippen molar-refractivity contribution >= 4 is 22.2 Å². The molecule has 4 rings (SSSR count). The van der Waals surface area contributed by atoms with E-state index in [4.69, 9.17) is 0 Å². The van der Waals surface area contributed by atoms with Crippen LogP contribution >= 0.6 is 11.3 Å². The smallest absolute Gasteiger partial charge is 0.258 e. The number of phenols is 1. The summed E-state index contributed by atoms with van der Waals surface area (Å²) in [5, 5.41) is 11.9. The van der Waals surface area contributed by atoms with Crippen molar-refractivity contribution in [3.8, 4) is 5.75 Å². The summed E-state index contributed by atoms with van der Waals surface area (Å²) in [4.78, 5) is 33.9. The van der Waals surface area contributed by atoms with Crippen molar-refractivity contribution in [2.45, 2.75) is 13.5 Å². The number of rotatable bonds is 3. The van der Waals surface area contributed by atoms with Gasteiger partial charge in [-0.15, -0.1) is 11.3 Å². The zero-order valence-corrected chi connectivity index (χ0v) is 15.8. The fourth-order valence-electron chi connectivity index (χ4n) is 3.30. The SMILES string of the molecule is Cc1ccc(C(=O)N2CCN(Cc3cc(=O)n4ccsc4n3)CC2)c(O)c1. The normalized spacial score (nSPS) is 15.4. The Morgan fingerprint density at radius 2 is 2.00 bits per heavy atom. The Bertz CT molecular complexity index is 1050. The number of aromatic nitrogens is 2. The zero-order valence-electron chi connectivity index (χ0n) is 15.0. The van der Waals surface area contributed by atoms with E-state index in [0.717, 1.165) is 11.3 Å². The highest BCUT2D eigenvalue weighted by molar-refractivity contribution is 7.15. The van der Waals surface area contributed by atoms with Crippen molar-refractivity contribution in [1.29, 1.82) is 0 Å². The third-order valence-electron chi connectivity index (χ3n) is 4.78. The first-order valence-corrected chi connectivity index (χ1v) is 9.66. The van der Waals surface area contributed by atoms with Gasteiger partial charge in [0.1, 0.15) is 5.75 Å². The largest absolute Gasteiger partial charge is 0.507 e. The molecule has 0 radical (unpaired) electrons. The maximum absolute atomic E-state index is 12.7. The molecule has 1 amide bonds. The first-order chi connectivity index (χ1) is 13.0. The molecular formula is C19H20N4O3S. The van der Waals surface area contributed by atoms with E-state index in [9.17, 15) is 14.7 Å². The Kier molecular flexibility index (Phi) is 4.67. The maximum atomic E-state index is 12.7. The number of piperazine rings is 1. The Morgan fingerprint density at radius 1 is 1.22 bits per heavy atom. The van der Waals surface area contributed by atoms with E-state index >= 15 is 0 Å². The molecule has 8 heteroatoms. The van der Waals surface area contributed by atoms with Crippen molar-refractivity contribution in [1.82, 2.24) is 19.2 Å². The molecule has 0 unspecified atom stereocenters. The molecule has 27 heavy (non-hydrogen) atoms. The summed E-state index contributed by atoms with van der Waals surface area (Å²) < 4.78 is 1.54. The number of aryl methyl sites for hydroxylation is 1. The molecule has 7 nitrogen and oxygen atoms in total. The summed E-state index contributed by atoms with van der Waals surface area (Å²) in [6, 6.07) is 6.68. The van der Waals surface area contributed by atoms with Crippen molar-refractivity contribution < 1.29 is 9.90 Å². The number of carbonyl (C=O) groups is 1. The Labute approximate surface area is 160 Å². The second kappa shape index (κ2) is 7.13. The molecule has 0 bridgehead atoms.